The Balaban J connectivity index is 1.81. The summed E-state index contributed by atoms with van der Waals surface area (Å²) in [5.41, 5.74) is 0.600. The summed E-state index contributed by atoms with van der Waals surface area (Å²) in [5, 5.41) is 3.04. The van der Waals surface area contributed by atoms with E-state index >= 15 is 0 Å². The molecule has 1 amide bonds. The van der Waals surface area contributed by atoms with E-state index in [4.69, 9.17) is 0 Å². The van der Waals surface area contributed by atoms with Crippen LogP contribution in [0, 0.1) is 5.82 Å². The second kappa shape index (κ2) is 3.30. The van der Waals surface area contributed by atoms with Gasteiger partial charge in [-0.1, -0.05) is 12.1 Å². The van der Waals surface area contributed by atoms with E-state index in [9.17, 15) is 9.18 Å². The maximum Gasteiger partial charge on any atom is 0.230 e. The Kier molecular flexibility index (Phi) is 2.03. The SMILES string of the molecule is O=C(NC1CC1)C1(c2ccc(F)cc2)CC1. The molecule has 0 aliphatic heterocycles. The molecule has 2 nitrogen and oxygen atoms in total. The minimum Gasteiger partial charge on any atom is -0.353 e. The van der Waals surface area contributed by atoms with Crippen LogP contribution >= 0.6 is 0 Å². The van der Waals surface area contributed by atoms with Crippen LogP contribution in [0.2, 0.25) is 0 Å². The zero-order chi connectivity index (χ0) is 11.2. The van der Waals surface area contributed by atoms with Gasteiger partial charge in [0.15, 0.2) is 0 Å². The van der Waals surface area contributed by atoms with E-state index in [-0.39, 0.29) is 17.1 Å². The third-order valence-electron chi connectivity index (χ3n) is 3.49. The lowest BCUT2D eigenvalue weighted by atomic mass is 9.95. The Labute approximate surface area is 93.9 Å². The van der Waals surface area contributed by atoms with E-state index in [0.29, 0.717) is 6.04 Å². The highest BCUT2D eigenvalue weighted by molar-refractivity contribution is 5.91. The predicted molar refractivity (Wildman–Crippen MR) is 58.5 cm³/mol. The Bertz CT molecular complexity index is 418. The minimum absolute atomic E-state index is 0.126. The number of carbonyl (C=O) groups is 1. The van der Waals surface area contributed by atoms with Gasteiger partial charge in [-0.3, -0.25) is 4.79 Å². The molecule has 0 aromatic heterocycles. The van der Waals surface area contributed by atoms with Crippen LogP contribution in [-0.2, 0) is 10.2 Å². The summed E-state index contributed by atoms with van der Waals surface area (Å²) in [6, 6.07) is 6.72. The first-order valence-electron chi connectivity index (χ1n) is 5.78. The van der Waals surface area contributed by atoms with E-state index in [1.165, 1.54) is 12.1 Å². The number of rotatable bonds is 3. The number of carbonyl (C=O) groups excluding carboxylic acids is 1. The summed E-state index contributed by atoms with van der Waals surface area (Å²) in [6.45, 7) is 0. The number of hydrogen-bond donors (Lipinski definition) is 1. The molecule has 0 saturated heterocycles. The van der Waals surface area contributed by atoms with Gasteiger partial charge in [-0.2, -0.15) is 0 Å². The van der Waals surface area contributed by atoms with Crippen LogP contribution in [0.1, 0.15) is 31.2 Å². The average molecular weight is 219 g/mol. The van der Waals surface area contributed by atoms with Gasteiger partial charge in [0.2, 0.25) is 5.91 Å². The first-order chi connectivity index (χ1) is 7.71. The van der Waals surface area contributed by atoms with E-state index < -0.39 is 0 Å². The van der Waals surface area contributed by atoms with Crippen LogP contribution < -0.4 is 5.32 Å². The van der Waals surface area contributed by atoms with Crippen molar-refractivity contribution in [2.75, 3.05) is 0 Å². The van der Waals surface area contributed by atoms with Gasteiger partial charge in [-0.25, -0.2) is 4.39 Å². The monoisotopic (exact) mass is 219 g/mol. The topological polar surface area (TPSA) is 29.1 Å². The summed E-state index contributed by atoms with van der Waals surface area (Å²) < 4.78 is 12.8. The van der Waals surface area contributed by atoms with Gasteiger partial charge in [-0.15, -0.1) is 0 Å². The summed E-state index contributed by atoms with van der Waals surface area (Å²) >= 11 is 0. The molecule has 1 aromatic rings. The highest BCUT2D eigenvalue weighted by Crippen LogP contribution is 2.48. The third-order valence-corrected chi connectivity index (χ3v) is 3.49. The Morgan fingerprint density at radius 3 is 2.38 bits per heavy atom. The molecule has 2 aliphatic rings. The molecule has 0 unspecified atom stereocenters. The maximum absolute atomic E-state index is 12.8. The zero-order valence-electron chi connectivity index (χ0n) is 9.00. The molecule has 84 valence electrons. The van der Waals surface area contributed by atoms with Gasteiger partial charge < -0.3 is 5.32 Å². The van der Waals surface area contributed by atoms with Gasteiger partial charge in [0, 0.05) is 6.04 Å². The molecule has 1 aromatic carbocycles. The molecule has 0 radical (unpaired) electrons. The highest BCUT2D eigenvalue weighted by atomic mass is 19.1. The summed E-state index contributed by atoms with van der Waals surface area (Å²) in [5.74, 6) is -0.122. The molecule has 0 heterocycles. The van der Waals surface area contributed by atoms with Crippen LogP contribution in [0.3, 0.4) is 0 Å². The molecular weight excluding hydrogens is 205 g/mol. The standard InChI is InChI=1S/C13H14FNO/c14-10-3-1-9(2-4-10)13(7-8-13)12(16)15-11-5-6-11/h1-4,11H,5-8H2,(H,15,16). The molecule has 3 rings (SSSR count). The van der Waals surface area contributed by atoms with Gasteiger partial charge in [0.1, 0.15) is 5.82 Å². The first-order valence-corrected chi connectivity index (χ1v) is 5.78. The van der Waals surface area contributed by atoms with Gasteiger partial charge in [0.25, 0.3) is 0 Å². The lowest BCUT2D eigenvalue weighted by Crippen LogP contribution is -2.36. The van der Waals surface area contributed by atoms with E-state index in [0.717, 1.165) is 31.2 Å². The lowest BCUT2D eigenvalue weighted by Gasteiger charge is -2.15. The van der Waals surface area contributed by atoms with Crippen molar-refractivity contribution in [1.82, 2.24) is 5.32 Å². The average Bonchev–Trinajstić information content (AvgIpc) is 3.13. The van der Waals surface area contributed by atoms with Crippen molar-refractivity contribution < 1.29 is 9.18 Å². The smallest absolute Gasteiger partial charge is 0.230 e. The van der Waals surface area contributed by atoms with Crippen molar-refractivity contribution in [3.8, 4) is 0 Å². The first kappa shape index (κ1) is 9.82. The normalized spacial score (nSPS) is 21.6. The van der Waals surface area contributed by atoms with Gasteiger partial charge in [-0.05, 0) is 43.4 Å². The van der Waals surface area contributed by atoms with Crippen LogP contribution in [-0.4, -0.2) is 11.9 Å². The quantitative estimate of drug-likeness (QED) is 0.829. The number of amides is 1. The largest absolute Gasteiger partial charge is 0.353 e. The van der Waals surface area contributed by atoms with Crippen LogP contribution in [0.5, 0.6) is 0 Å². The van der Waals surface area contributed by atoms with Crippen LogP contribution in [0.4, 0.5) is 4.39 Å². The molecule has 16 heavy (non-hydrogen) atoms. The van der Waals surface area contributed by atoms with Crippen molar-refractivity contribution >= 4 is 5.91 Å². The Morgan fingerprint density at radius 1 is 1.25 bits per heavy atom. The second-order valence-corrected chi connectivity index (χ2v) is 4.84. The fraction of sp³-hybridized carbons (Fsp3) is 0.462. The van der Waals surface area contributed by atoms with Crippen LogP contribution in [0.15, 0.2) is 24.3 Å². The van der Waals surface area contributed by atoms with E-state index in [2.05, 4.69) is 5.32 Å². The summed E-state index contributed by atoms with van der Waals surface area (Å²) in [6.07, 6.45) is 3.98. The van der Waals surface area contributed by atoms with Crippen molar-refractivity contribution in [1.29, 1.82) is 0 Å². The maximum atomic E-state index is 12.8. The fourth-order valence-electron chi connectivity index (χ4n) is 2.09. The predicted octanol–water partition coefficient (Wildman–Crippen LogP) is 2.14. The molecule has 0 bridgehead atoms. The second-order valence-electron chi connectivity index (χ2n) is 4.84. The number of nitrogens with one attached hydrogen (secondary N) is 1. The Hall–Kier alpha value is -1.38. The molecule has 0 spiro atoms. The van der Waals surface area contributed by atoms with Crippen molar-refractivity contribution in [3.05, 3.63) is 35.6 Å². The lowest BCUT2D eigenvalue weighted by molar-refractivity contribution is -0.123. The molecular formula is C13H14FNO. The highest BCUT2D eigenvalue weighted by Gasteiger charge is 2.52. The Morgan fingerprint density at radius 2 is 1.88 bits per heavy atom. The molecule has 1 N–H and O–H groups in total. The minimum atomic E-state index is -0.351. The number of benzene rings is 1. The summed E-state index contributed by atoms with van der Waals surface area (Å²) in [7, 11) is 0. The van der Waals surface area contributed by atoms with Gasteiger partial charge in [0.05, 0.1) is 5.41 Å². The third kappa shape index (κ3) is 1.60. The molecule has 3 heteroatoms. The van der Waals surface area contributed by atoms with Crippen molar-refractivity contribution in [3.63, 3.8) is 0 Å². The summed E-state index contributed by atoms with van der Waals surface area (Å²) in [4.78, 5) is 12.1. The molecule has 2 saturated carbocycles. The molecule has 2 aliphatic carbocycles. The van der Waals surface area contributed by atoms with Crippen LogP contribution in [0.25, 0.3) is 0 Å². The van der Waals surface area contributed by atoms with E-state index in [1.54, 1.807) is 12.1 Å². The molecule has 2 fully saturated rings. The zero-order valence-corrected chi connectivity index (χ0v) is 9.00. The number of halogens is 1. The van der Waals surface area contributed by atoms with Crippen molar-refractivity contribution in [2.24, 2.45) is 0 Å². The fourth-order valence-corrected chi connectivity index (χ4v) is 2.09. The van der Waals surface area contributed by atoms with Gasteiger partial charge >= 0.3 is 0 Å². The van der Waals surface area contributed by atoms with Crippen molar-refractivity contribution in [2.45, 2.75) is 37.1 Å². The number of hydrogen-bond acceptors (Lipinski definition) is 1. The molecule has 0 atom stereocenters. The van der Waals surface area contributed by atoms with E-state index in [1.807, 2.05) is 0 Å².